The lowest BCUT2D eigenvalue weighted by Gasteiger charge is -2.15. The first-order valence-corrected chi connectivity index (χ1v) is 8.25. The lowest BCUT2D eigenvalue weighted by Crippen LogP contribution is -2.19. The molecule has 1 atom stereocenters. The molecule has 0 saturated heterocycles. The highest BCUT2D eigenvalue weighted by Crippen LogP contribution is 2.31. The summed E-state index contributed by atoms with van der Waals surface area (Å²) in [6.45, 7) is 0. The first kappa shape index (κ1) is 18.9. The summed E-state index contributed by atoms with van der Waals surface area (Å²) in [4.78, 5) is 31.8. The predicted octanol–water partition coefficient (Wildman–Crippen LogP) is 3.66. The average molecular weight is 370 g/mol. The molecule has 1 N–H and O–H groups in total. The molecule has 0 aliphatic heterocycles. The van der Waals surface area contributed by atoms with Crippen molar-refractivity contribution in [2.45, 2.75) is 23.7 Å². The number of carbonyl (C=O) groups excluding carboxylic acids is 1. The maximum atomic E-state index is 12.8. The van der Waals surface area contributed by atoms with Crippen molar-refractivity contribution >= 4 is 23.5 Å². The number of benzene rings is 1. The fourth-order valence-electron chi connectivity index (χ4n) is 2.20. The second-order valence-electron chi connectivity index (χ2n) is 5.06. The van der Waals surface area contributed by atoms with Gasteiger partial charge in [-0.3, -0.25) is 9.59 Å². The van der Waals surface area contributed by atoms with E-state index >= 15 is 0 Å². The first-order valence-electron chi connectivity index (χ1n) is 7.02. The third-order valence-corrected chi connectivity index (χ3v) is 3.93. The fraction of sp³-hybridized carbons (Fsp3) is 0.250. The minimum Gasteiger partial charge on any atom is -0.481 e. The largest absolute Gasteiger partial charge is 0.481 e. The van der Waals surface area contributed by atoms with Gasteiger partial charge in [0.2, 0.25) is 0 Å². The van der Waals surface area contributed by atoms with Crippen molar-refractivity contribution < 1.29 is 27.9 Å². The van der Waals surface area contributed by atoms with Crippen LogP contribution in [0.3, 0.4) is 0 Å². The highest BCUT2D eigenvalue weighted by Gasteiger charge is 2.32. The van der Waals surface area contributed by atoms with E-state index in [4.69, 9.17) is 5.11 Å². The average Bonchev–Trinajstić information content (AvgIpc) is 2.58. The van der Waals surface area contributed by atoms with Gasteiger partial charge in [-0.1, -0.05) is 23.9 Å². The maximum absolute atomic E-state index is 12.8. The van der Waals surface area contributed by atoms with Gasteiger partial charge < -0.3 is 5.11 Å². The van der Waals surface area contributed by atoms with Gasteiger partial charge in [-0.05, 0) is 24.5 Å². The van der Waals surface area contributed by atoms with Gasteiger partial charge in [0, 0.05) is 11.8 Å². The van der Waals surface area contributed by atoms with Crippen molar-refractivity contribution in [1.82, 2.24) is 9.97 Å². The van der Waals surface area contributed by atoms with Crippen LogP contribution in [0, 0.1) is 0 Å². The molecule has 0 saturated carbocycles. The Hall–Kier alpha value is -2.42. The van der Waals surface area contributed by atoms with Crippen molar-refractivity contribution in [3.8, 4) is 0 Å². The standard InChI is InChI=1S/C16H13F3N2O3S/c1-25-15-20-6-5-12(21-15)11(8-13(22)23)14(24)9-3-2-4-10(7-9)16(17,18)19/h2-7,11H,8H2,1H3,(H,22,23). The number of carboxylic acid groups (broad SMARTS) is 1. The van der Waals surface area contributed by atoms with E-state index in [0.29, 0.717) is 11.2 Å². The van der Waals surface area contributed by atoms with Crippen LogP contribution in [0.25, 0.3) is 0 Å². The van der Waals surface area contributed by atoms with E-state index in [9.17, 15) is 22.8 Å². The van der Waals surface area contributed by atoms with Crippen molar-refractivity contribution in [1.29, 1.82) is 0 Å². The number of ketones is 1. The first-order chi connectivity index (χ1) is 11.7. The van der Waals surface area contributed by atoms with Crippen molar-refractivity contribution in [2.75, 3.05) is 6.26 Å². The minimum absolute atomic E-state index is 0.157. The molecular weight excluding hydrogens is 357 g/mol. The third-order valence-electron chi connectivity index (χ3n) is 3.36. The molecule has 1 heterocycles. The molecule has 1 aromatic heterocycles. The molecule has 25 heavy (non-hydrogen) atoms. The van der Waals surface area contributed by atoms with Crippen molar-refractivity contribution in [3.63, 3.8) is 0 Å². The molecular formula is C16H13F3N2O3S. The van der Waals surface area contributed by atoms with Crippen LogP contribution in [-0.2, 0) is 11.0 Å². The Kier molecular flexibility index (Phi) is 5.78. The second-order valence-corrected chi connectivity index (χ2v) is 5.83. The number of thioether (sulfide) groups is 1. The fourth-order valence-corrected chi connectivity index (χ4v) is 2.57. The van der Waals surface area contributed by atoms with Crippen LogP contribution < -0.4 is 0 Å². The molecule has 0 aliphatic carbocycles. The summed E-state index contributed by atoms with van der Waals surface area (Å²) in [7, 11) is 0. The topological polar surface area (TPSA) is 80.1 Å². The van der Waals surface area contributed by atoms with Crippen LogP contribution >= 0.6 is 11.8 Å². The van der Waals surface area contributed by atoms with E-state index in [1.54, 1.807) is 6.26 Å². The van der Waals surface area contributed by atoms with Crippen LogP contribution in [0.1, 0.15) is 34.0 Å². The van der Waals surface area contributed by atoms with E-state index in [1.807, 2.05) is 0 Å². The normalized spacial score (nSPS) is 12.6. The van der Waals surface area contributed by atoms with Crippen LogP contribution in [0.2, 0.25) is 0 Å². The molecule has 0 fully saturated rings. The van der Waals surface area contributed by atoms with Crippen molar-refractivity contribution in [2.24, 2.45) is 0 Å². The molecule has 0 spiro atoms. The Labute approximate surface area is 145 Å². The van der Waals surface area contributed by atoms with Gasteiger partial charge in [0.25, 0.3) is 0 Å². The van der Waals surface area contributed by atoms with E-state index in [2.05, 4.69) is 9.97 Å². The number of Topliss-reactive ketones (excluding diaryl/α,β-unsaturated/α-hetero) is 1. The summed E-state index contributed by atoms with van der Waals surface area (Å²) in [6, 6.07) is 5.29. The third kappa shape index (κ3) is 4.79. The summed E-state index contributed by atoms with van der Waals surface area (Å²) in [5.74, 6) is -3.19. The van der Waals surface area contributed by atoms with Crippen LogP contribution in [0.15, 0.2) is 41.7 Å². The SMILES string of the molecule is CSc1nccc(C(CC(=O)O)C(=O)c2cccc(C(F)(F)F)c2)n1. The number of nitrogens with zero attached hydrogens (tertiary/aromatic N) is 2. The Balaban J connectivity index is 2.44. The number of rotatable bonds is 6. The number of hydrogen-bond donors (Lipinski definition) is 1. The molecule has 0 bridgehead atoms. The molecule has 132 valence electrons. The number of alkyl halides is 3. The molecule has 0 aliphatic rings. The predicted molar refractivity (Wildman–Crippen MR) is 84.6 cm³/mol. The van der Waals surface area contributed by atoms with E-state index in [-0.39, 0.29) is 11.3 Å². The number of aromatic nitrogens is 2. The Bertz CT molecular complexity index is 796. The molecule has 1 aromatic carbocycles. The summed E-state index contributed by atoms with van der Waals surface area (Å²) in [5, 5.41) is 9.41. The quantitative estimate of drug-likeness (QED) is 0.475. The van der Waals surface area contributed by atoms with E-state index < -0.39 is 35.8 Å². The number of aliphatic carboxylic acids is 1. The second kappa shape index (κ2) is 7.64. The molecule has 5 nitrogen and oxygen atoms in total. The van der Waals surface area contributed by atoms with Gasteiger partial charge in [0.05, 0.1) is 23.6 Å². The number of halogens is 3. The van der Waals surface area contributed by atoms with Crippen molar-refractivity contribution in [3.05, 3.63) is 53.3 Å². The van der Waals surface area contributed by atoms with Gasteiger partial charge in [0.15, 0.2) is 10.9 Å². The molecule has 1 unspecified atom stereocenters. The summed E-state index contributed by atoms with van der Waals surface area (Å²) < 4.78 is 38.5. The van der Waals surface area contributed by atoms with Gasteiger partial charge in [-0.15, -0.1) is 0 Å². The van der Waals surface area contributed by atoms with Gasteiger partial charge >= 0.3 is 12.1 Å². The molecule has 2 rings (SSSR count). The highest BCUT2D eigenvalue weighted by atomic mass is 32.2. The van der Waals surface area contributed by atoms with Crippen LogP contribution in [-0.4, -0.2) is 33.1 Å². The molecule has 2 aromatic rings. The summed E-state index contributed by atoms with van der Waals surface area (Å²) in [6.07, 6.45) is -2.10. The minimum atomic E-state index is -4.60. The molecule has 0 amide bonds. The van der Waals surface area contributed by atoms with E-state index in [1.165, 1.54) is 30.1 Å². The van der Waals surface area contributed by atoms with E-state index in [0.717, 1.165) is 12.1 Å². The number of carboxylic acids is 1. The van der Waals surface area contributed by atoms with Gasteiger partial charge in [-0.25, -0.2) is 9.97 Å². The number of hydrogen-bond acceptors (Lipinski definition) is 5. The highest BCUT2D eigenvalue weighted by molar-refractivity contribution is 7.98. The molecule has 9 heteroatoms. The maximum Gasteiger partial charge on any atom is 0.416 e. The zero-order chi connectivity index (χ0) is 18.6. The number of carbonyl (C=O) groups is 2. The molecule has 0 radical (unpaired) electrons. The summed E-state index contributed by atoms with van der Waals surface area (Å²) in [5.41, 5.74) is -1.03. The monoisotopic (exact) mass is 370 g/mol. The van der Waals surface area contributed by atoms with Crippen LogP contribution in [0.4, 0.5) is 13.2 Å². The summed E-state index contributed by atoms with van der Waals surface area (Å²) >= 11 is 1.20. The smallest absolute Gasteiger partial charge is 0.416 e. The Morgan fingerprint density at radius 2 is 2.00 bits per heavy atom. The lowest BCUT2D eigenvalue weighted by atomic mass is 9.90. The van der Waals surface area contributed by atoms with Gasteiger partial charge in [-0.2, -0.15) is 13.2 Å². The Morgan fingerprint density at radius 3 is 2.60 bits per heavy atom. The zero-order valence-corrected chi connectivity index (χ0v) is 13.8. The zero-order valence-electron chi connectivity index (χ0n) is 12.9. The Morgan fingerprint density at radius 1 is 1.28 bits per heavy atom. The lowest BCUT2D eigenvalue weighted by molar-refractivity contribution is -0.138. The van der Waals surface area contributed by atoms with Gasteiger partial charge in [0.1, 0.15) is 0 Å². The van der Waals surface area contributed by atoms with Crippen LogP contribution in [0.5, 0.6) is 0 Å².